The van der Waals surface area contributed by atoms with Crippen molar-refractivity contribution >= 4 is 5.97 Å². The molecule has 1 rings (SSSR count). The first-order chi connectivity index (χ1) is 8.67. The lowest BCUT2D eigenvalue weighted by Crippen LogP contribution is -2.36. The van der Waals surface area contributed by atoms with Crippen molar-refractivity contribution in [1.82, 2.24) is 10.3 Å². The van der Waals surface area contributed by atoms with Crippen molar-refractivity contribution in [1.29, 1.82) is 0 Å². The first kappa shape index (κ1) is 14.4. The van der Waals surface area contributed by atoms with E-state index in [4.69, 9.17) is 9.84 Å². The monoisotopic (exact) mass is 252 g/mol. The highest BCUT2D eigenvalue weighted by Gasteiger charge is 2.15. The predicted molar refractivity (Wildman–Crippen MR) is 68.6 cm³/mol. The number of carboxylic acids is 1. The minimum Gasteiger partial charge on any atom is -0.481 e. The second kappa shape index (κ2) is 7.66. The van der Waals surface area contributed by atoms with Gasteiger partial charge in [0.05, 0.1) is 12.8 Å². The van der Waals surface area contributed by atoms with Gasteiger partial charge in [0.25, 0.3) is 0 Å². The number of nitrogens with zero attached hydrogens (tertiary/aromatic N) is 1. The number of hydrogen-bond acceptors (Lipinski definition) is 4. The van der Waals surface area contributed by atoms with E-state index in [0.717, 1.165) is 18.5 Å². The van der Waals surface area contributed by atoms with Gasteiger partial charge in [-0.25, -0.2) is 4.98 Å². The number of hydrogen-bond donors (Lipinski definition) is 2. The fourth-order valence-corrected chi connectivity index (χ4v) is 1.62. The summed E-state index contributed by atoms with van der Waals surface area (Å²) in [5, 5.41) is 12.1. The Balaban J connectivity index is 2.52. The van der Waals surface area contributed by atoms with Crippen LogP contribution in [0.3, 0.4) is 0 Å². The van der Waals surface area contributed by atoms with Crippen LogP contribution in [0.5, 0.6) is 5.88 Å². The summed E-state index contributed by atoms with van der Waals surface area (Å²) in [6.07, 6.45) is 2.52. The summed E-state index contributed by atoms with van der Waals surface area (Å²) < 4.78 is 5.02. The van der Waals surface area contributed by atoms with Gasteiger partial charge in [0.15, 0.2) is 0 Å². The zero-order valence-corrected chi connectivity index (χ0v) is 10.8. The molecular formula is C13H20N2O3. The second-order valence-corrected chi connectivity index (χ2v) is 4.09. The Morgan fingerprint density at radius 3 is 2.94 bits per heavy atom. The number of rotatable bonds is 8. The van der Waals surface area contributed by atoms with Gasteiger partial charge in [-0.1, -0.05) is 25.8 Å². The fraction of sp³-hybridized carbons (Fsp3) is 0.538. The zero-order chi connectivity index (χ0) is 13.4. The van der Waals surface area contributed by atoms with Gasteiger partial charge in [-0.05, 0) is 12.5 Å². The van der Waals surface area contributed by atoms with E-state index in [2.05, 4.69) is 10.3 Å². The van der Waals surface area contributed by atoms with Crippen LogP contribution < -0.4 is 10.1 Å². The van der Waals surface area contributed by atoms with Crippen molar-refractivity contribution < 1.29 is 14.6 Å². The van der Waals surface area contributed by atoms with Crippen LogP contribution in [0, 0.1) is 0 Å². The number of pyridine rings is 1. The highest BCUT2D eigenvalue weighted by Crippen LogP contribution is 2.07. The maximum atomic E-state index is 11.0. The highest BCUT2D eigenvalue weighted by molar-refractivity contribution is 5.73. The minimum atomic E-state index is -0.814. The van der Waals surface area contributed by atoms with Crippen LogP contribution in [0.1, 0.15) is 31.9 Å². The average Bonchev–Trinajstić information content (AvgIpc) is 2.38. The Morgan fingerprint density at radius 1 is 1.56 bits per heavy atom. The van der Waals surface area contributed by atoms with Crippen LogP contribution in [0.25, 0.3) is 0 Å². The second-order valence-electron chi connectivity index (χ2n) is 4.09. The van der Waals surface area contributed by atoms with E-state index in [1.54, 1.807) is 13.2 Å². The minimum absolute atomic E-state index is 0.428. The quantitative estimate of drug-likeness (QED) is 0.738. The van der Waals surface area contributed by atoms with Crippen molar-refractivity contribution in [2.75, 3.05) is 7.11 Å². The van der Waals surface area contributed by atoms with Gasteiger partial charge in [0.2, 0.25) is 5.88 Å². The largest absolute Gasteiger partial charge is 0.481 e. The molecule has 0 radical (unpaired) electrons. The Morgan fingerprint density at radius 2 is 2.33 bits per heavy atom. The van der Waals surface area contributed by atoms with Crippen LogP contribution in [-0.4, -0.2) is 29.2 Å². The van der Waals surface area contributed by atoms with Crippen LogP contribution in [0.4, 0.5) is 0 Å². The standard InChI is InChI=1S/C13H20N2O3/c1-3-4-7-11(13(16)17)14-9-10-6-5-8-12(15-10)18-2/h5-6,8,11,14H,3-4,7,9H2,1-2H3,(H,16,17). The number of carbonyl (C=O) groups is 1. The van der Waals surface area contributed by atoms with Crippen LogP contribution in [0.15, 0.2) is 18.2 Å². The molecule has 0 saturated heterocycles. The molecule has 0 fully saturated rings. The summed E-state index contributed by atoms with van der Waals surface area (Å²) >= 11 is 0. The molecular weight excluding hydrogens is 232 g/mol. The third-order valence-electron chi connectivity index (χ3n) is 2.66. The van der Waals surface area contributed by atoms with Crippen molar-refractivity contribution in [2.45, 2.75) is 38.8 Å². The molecule has 5 heteroatoms. The van der Waals surface area contributed by atoms with E-state index in [1.165, 1.54) is 0 Å². The van der Waals surface area contributed by atoms with Crippen molar-refractivity contribution in [3.05, 3.63) is 23.9 Å². The van der Waals surface area contributed by atoms with E-state index < -0.39 is 12.0 Å². The summed E-state index contributed by atoms with van der Waals surface area (Å²) in [4.78, 5) is 15.3. The lowest BCUT2D eigenvalue weighted by atomic mass is 10.1. The van der Waals surface area contributed by atoms with Crippen LogP contribution >= 0.6 is 0 Å². The average molecular weight is 252 g/mol. The van der Waals surface area contributed by atoms with Gasteiger partial charge in [-0.2, -0.15) is 0 Å². The van der Waals surface area contributed by atoms with E-state index in [0.29, 0.717) is 18.8 Å². The van der Waals surface area contributed by atoms with Gasteiger partial charge in [-0.15, -0.1) is 0 Å². The van der Waals surface area contributed by atoms with Gasteiger partial charge in [0.1, 0.15) is 6.04 Å². The molecule has 0 amide bonds. The predicted octanol–water partition coefficient (Wildman–Crippen LogP) is 1.82. The molecule has 0 saturated carbocycles. The maximum Gasteiger partial charge on any atom is 0.320 e. The van der Waals surface area contributed by atoms with Crippen molar-refractivity contribution in [3.63, 3.8) is 0 Å². The first-order valence-electron chi connectivity index (χ1n) is 6.13. The molecule has 1 heterocycles. The number of aromatic nitrogens is 1. The fourth-order valence-electron chi connectivity index (χ4n) is 1.62. The van der Waals surface area contributed by atoms with Crippen molar-refractivity contribution in [3.8, 4) is 5.88 Å². The summed E-state index contributed by atoms with van der Waals surface area (Å²) in [6.45, 7) is 2.47. The number of unbranched alkanes of at least 4 members (excludes halogenated alkanes) is 1. The molecule has 1 atom stereocenters. The van der Waals surface area contributed by atoms with Gasteiger partial charge >= 0.3 is 5.97 Å². The Hall–Kier alpha value is -1.62. The lowest BCUT2D eigenvalue weighted by Gasteiger charge is -2.13. The molecule has 100 valence electrons. The number of ether oxygens (including phenoxy) is 1. The normalized spacial score (nSPS) is 12.1. The Labute approximate surface area is 107 Å². The number of carboxylic acid groups (broad SMARTS) is 1. The van der Waals surface area contributed by atoms with E-state index in [9.17, 15) is 4.79 Å². The van der Waals surface area contributed by atoms with Gasteiger partial charge in [-0.3, -0.25) is 10.1 Å². The van der Waals surface area contributed by atoms with Crippen molar-refractivity contribution in [2.24, 2.45) is 0 Å². The molecule has 1 unspecified atom stereocenters. The summed E-state index contributed by atoms with van der Waals surface area (Å²) in [5.74, 6) is -0.277. The molecule has 0 aromatic carbocycles. The molecule has 18 heavy (non-hydrogen) atoms. The molecule has 1 aromatic rings. The van der Waals surface area contributed by atoms with E-state index >= 15 is 0 Å². The molecule has 0 aliphatic heterocycles. The molecule has 5 nitrogen and oxygen atoms in total. The highest BCUT2D eigenvalue weighted by atomic mass is 16.5. The molecule has 0 aliphatic carbocycles. The maximum absolute atomic E-state index is 11.0. The molecule has 1 aromatic heterocycles. The molecule has 0 spiro atoms. The molecule has 2 N–H and O–H groups in total. The summed E-state index contributed by atoms with van der Waals surface area (Å²) in [5.41, 5.74) is 0.775. The summed E-state index contributed by atoms with van der Waals surface area (Å²) in [6, 6.07) is 4.92. The Bertz CT molecular complexity index is 382. The smallest absolute Gasteiger partial charge is 0.320 e. The number of aliphatic carboxylic acids is 1. The van der Waals surface area contributed by atoms with Gasteiger partial charge in [0, 0.05) is 12.6 Å². The van der Waals surface area contributed by atoms with Crippen LogP contribution in [-0.2, 0) is 11.3 Å². The number of nitrogens with one attached hydrogen (secondary N) is 1. The zero-order valence-electron chi connectivity index (χ0n) is 10.8. The summed E-state index contributed by atoms with van der Waals surface area (Å²) in [7, 11) is 1.56. The molecule has 0 aliphatic rings. The third-order valence-corrected chi connectivity index (χ3v) is 2.66. The third kappa shape index (κ3) is 4.71. The SMILES string of the molecule is CCCCC(NCc1cccc(OC)n1)C(=O)O. The van der Waals surface area contributed by atoms with E-state index in [-0.39, 0.29) is 0 Å². The Kier molecular flexibility index (Phi) is 6.14. The lowest BCUT2D eigenvalue weighted by molar-refractivity contribution is -0.139. The van der Waals surface area contributed by atoms with Crippen LogP contribution in [0.2, 0.25) is 0 Å². The van der Waals surface area contributed by atoms with Gasteiger partial charge < -0.3 is 9.84 Å². The topological polar surface area (TPSA) is 71.5 Å². The van der Waals surface area contributed by atoms with E-state index in [1.807, 2.05) is 19.1 Å². The first-order valence-corrected chi connectivity index (χ1v) is 6.13. The number of methoxy groups -OCH3 is 1. The molecule has 0 bridgehead atoms.